The number of H-pyrrole nitrogens is 1. The van der Waals surface area contributed by atoms with Crippen molar-refractivity contribution >= 4 is 11.6 Å². The number of nitrogens with one attached hydrogen (secondary N) is 2. The van der Waals surface area contributed by atoms with Gasteiger partial charge in [-0.15, -0.1) is 0 Å². The molecule has 2 heterocycles. The van der Waals surface area contributed by atoms with Crippen molar-refractivity contribution in [2.45, 2.75) is 31.3 Å². The van der Waals surface area contributed by atoms with Crippen molar-refractivity contribution in [3.05, 3.63) is 30.1 Å². The number of nitrogens with zero attached hydrogens (tertiary/aromatic N) is 3. The Morgan fingerprint density at radius 3 is 2.89 bits per heavy atom. The maximum atomic E-state index is 12.8. The third-order valence-corrected chi connectivity index (χ3v) is 3.28. The van der Waals surface area contributed by atoms with Crippen LogP contribution in [0.25, 0.3) is 0 Å². The molecule has 2 unspecified atom stereocenters. The van der Waals surface area contributed by atoms with Gasteiger partial charge in [-0.2, -0.15) is 9.49 Å². The highest BCUT2D eigenvalue weighted by Crippen LogP contribution is 2.33. The van der Waals surface area contributed by atoms with E-state index in [0.29, 0.717) is 11.6 Å². The molecule has 2 aromatic rings. The van der Waals surface area contributed by atoms with E-state index in [0.717, 1.165) is 25.0 Å². The van der Waals surface area contributed by atoms with Gasteiger partial charge in [0, 0.05) is 18.2 Å². The van der Waals surface area contributed by atoms with Crippen LogP contribution in [0.4, 0.5) is 16.0 Å². The molecule has 0 spiro atoms. The van der Waals surface area contributed by atoms with Crippen LogP contribution in [0.2, 0.25) is 0 Å². The quantitative estimate of drug-likeness (QED) is 0.784. The average Bonchev–Trinajstić information content (AvgIpc) is 2.99. The minimum atomic E-state index is -0.509. The van der Waals surface area contributed by atoms with Crippen molar-refractivity contribution in [1.82, 2.24) is 20.2 Å². The summed E-state index contributed by atoms with van der Waals surface area (Å²) in [6.07, 6.45) is 5.45. The van der Waals surface area contributed by atoms with Crippen LogP contribution in [-0.4, -0.2) is 31.4 Å². The molecule has 0 amide bonds. The van der Waals surface area contributed by atoms with Crippen LogP contribution in [0.1, 0.15) is 30.9 Å². The first-order valence-corrected chi connectivity index (χ1v) is 6.18. The molecular weight excluding hydrogens is 249 g/mol. The Balaban J connectivity index is 1.76. The number of anilines is 2. The first kappa shape index (κ1) is 12.0. The van der Waals surface area contributed by atoms with Gasteiger partial charge in [0.05, 0.1) is 18.0 Å². The Kier molecular flexibility index (Phi) is 3.12. The lowest BCUT2D eigenvalue weighted by Gasteiger charge is -2.09. The largest absolute Gasteiger partial charge is 0.393 e. The summed E-state index contributed by atoms with van der Waals surface area (Å²) in [6, 6.07) is 1.24. The lowest BCUT2D eigenvalue weighted by molar-refractivity contribution is 0.181. The van der Waals surface area contributed by atoms with Crippen molar-refractivity contribution < 1.29 is 9.50 Å². The van der Waals surface area contributed by atoms with E-state index >= 15 is 0 Å². The zero-order valence-corrected chi connectivity index (χ0v) is 10.2. The molecule has 0 aromatic carbocycles. The Morgan fingerprint density at radius 2 is 2.21 bits per heavy atom. The second-order valence-corrected chi connectivity index (χ2v) is 4.72. The van der Waals surface area contributed by atoms with Crippen LogP contribution in [0, 0.1) is 5.95 Å². The molecule has 6 nitrogen and oxygen atoms in total. The fourth-order valence-electron chi connectivity index (χ4n) is 2.36. The highest BCUT2D eigenvalue weighted by molar-refractivity contribution is 5.49. The first-order valence-electron chi connectivity index (χ1n) is 6.18. The molecule has 1 saturated carbocycles. The van der Waals surface area contributed by atoms with Crippen molar-refractivity contribution in [1.29, 1.82) is 0 Å². The second kappa shape index (κ2) is 4.93. The van der Waals surface area contributed by atoms with Gasteiger partial charge in [-0.3, -0.25) is 10.1 Å². The van der Waals surface area contributed by atoms with Gasteiger partial charge in [-0.25, -0.2) is 4.98 Å². The fraction of sp³-hybridized carbons (Fsp3) is 0.417. The number of aromatic amines is 1. The number of aliphatic hydroxyl groups is 1. The molecule has 0 saturated heterocycles. The number of halogens is 1. The summed E-state index contributed by atoms with van der Waals surface area (Å²) in [5.41, 5.74) is 0.845. The first-order chi connectivity index (χ1) is 9.20. The predicted molar refractivity (Wildman–Crippen MR) is 66.5 cm³/mol. The fourth-order valence-corrected chi connectivity index (χ4v) is 2.36. The third-order valence-electron chi connectivity index (χ3n) is 3.28. The number of aliphatic hydroxyl groups excluding tert-OH is 1. The number of rotatable bonds is 3. The van der Waals surface area contributed by atoms with E-state index in [4.69, 9.17) is 0 Å². The van der Waals surface area contributed by atoms with E-state index in [1.165, 1.54) is 6.07 Å². The van der Waals surface area contributed by atoms with Gasteiger partial charge >= 0.3 is 0 Å². The molecule has 1 aliphatic rings. The summed E-state index contributed by atoms with van der Waals surface area (Å²) in [5, 5.41) is 18.4. The highest BCUT2D eigenvalue weighted by atomic mass is 19.1. The summed E-state index contributed by atoms with van der Waals surface area (Å²) < 4.78 is 12.8. The Hall–Kier alpha value is -2.02. The SMILES string of the molecule is OC1CCC(c2cncc(Nc3cc(F)[nH]n3)n2)C1. The standard InChI is InChI=1S/C12H14FN5O/c13-10-4-11(18-17-10)16-12-6-14-5-9(15-12)7-1-2-8(19)3-7/h4-8,19H,1-3H2,(H2,15,16,17,18). The van der Waals surface area contributed by atoms with Crippen molar-refractivity contribution in [2.75, 3.05) is 5.32 Å². The highest BCUT2D eigenvalue weighted by Gasteiger charge is 2.25. The molecule has 3 rings (SSSR count). The molecule has 0 radical (unpaired) electrons. The molecule has 1 fully saturated rings. The Bertz CT molecular complexity index is 573. The van der Waals surface area contributed by atoms with E-state index in [2.05, 4.69) is 25.5 Å². The summed E-state index contributed by atoms with van der Waals surface area (Å²) in [4.78, 5) is 8.55. The predicted octanol–water partition coefficient (Wildman–Crippen LogP) is 1.71. The van der Waals surface area contributed by atoms with Crippen LogP contribution >= 0.6 is 0 Å². The molecule has 7 heteroatoms. The minimum absolute atomic E-state index is 0.236. The third kappa shape index (κ3) is 2.70. The minimum Gasteiger partial charge on any atom is -0.393 e. The molecule has 19 heavy (non-hydrogen) atoms. The molecule has 3 N–H and O–H groups in total. The van der Waals surface area contributed by atoms with Crippen LogP contribution in [0.3, 0.4) is 0 Å². The van der Waals surface area contributed by atoms with Crippen LogP contribution in [0.15, 0.2) is 18.5 Å². The van der Waals surface area contributed by atoms with E-state index in [-0.39, 0.29) is 12.0 Å². The average molecular weight is 263 g/mol. The summed E-state index contributed by atoms with van der Waals surface area (Å²) in [7, 11) is 0. The van der Waals surface area contributed by atoms with Gasteiger partial charge in [0.25, 0.3) is 0 Å². The van der Waals surface area contributed by atoms with Crippen LogP contribution in [0.5, 0.6) is 0 Å². The topological polar surface area (TPSA) is 86.7 Å². The van der Waals surface area contributed by atoms with E-state index in [9.17, 15) is 9.50 Å². The zero-order valence-electron chi connectivity index (χ0n) is 10.2. The second-order valence-electron chi connectivity index (χ2n) is 4.72. The van der Waals surface area contributed by atoms with E-state index in [1.807, 2.05) is 0 Å². The van der Waals surface area contributed by atoms with Crippen molar-refractivity contribution in [3.8, 4) is 0 Å². The van der Waals surface area contributed by atoms with Crippen LogP contribution in [-0.2, 0) is 0 Å². The molecule has 0 aliphatic heterocycles. The molecule has 0 bridgehead atoms. The van der Waals surface area contributed by atoms with E-state index < -0.39 is 5.95 Å². The number of aromatic nitrogens is 4. The number of hydrogen-bond donors (Lipinski definition) is 3. The number of hydrogen-bond acceptors (Lipinski definition) is 5. The Morgan fingerprint density at radius 1 is 1.32 bits per heavy atom. The van der Waals surface area contributed by atoms with E-state index in [1.54, 1.807) is 12.4 Å². The zero-order chi connectivity index (χ0) is 13.2. The van der Waals surface area contributed by atoms with Crippen molar-refractivity contribution in [2.24, 2.45) is 0 Å². The van der Waals surface area contributed by atoms with Gasteiger partial charge < -0.3 is 10.4 Å². The normalized spacial score (nSPS) is 22.6. The molecular formula is C12H14FN5O. The molecule has 2 aromatic heterocycles. The smallest absolute Gasteiger partial charge is 0.211 e. The van der Waals surface area contributed by atoms with Crippen LogP contribution < -0.4 is 5.32 Å². The molecule has 100 valence electrons. The maximum absolute atomic E-state index is 12.8. The Labute approximate surface area is 109 Å². The van der Waals surface area contributed by atoms with Gasteiger partial charge in [0.1, 0.15) is 5.82 Å². The summed E-state index contributed by atoms with van der Waals surface area (Å²) in [5.74, 6) is 0.603. The van der Waals surface area contributed by atoms with Crippen molar-refractivity contribution in [3.63, 3.8) is 0 Å². The lowest BCUT2D eigenvalue weighted by atomic mass is 10.0. The van der Waals surface area contributed by atoms with Gasteiger partial charge in [0.15, 0.2) is 5.82 Å². The van der Waals surface area contributed by atoms with Gasteiger partial charge in [0.2, 0.25) is 5.95 Å². The van der Waals surface area contributed by atoms with Gasteiger partial charge in [-0.05, 0) is 19.3 Å². The monoisotopic (exact) mass is 263 g/mol. The molecule has 1 aliphatic carbocycles. The summed E-state index contributed by atoms with van der Waals surface area (Å²) >= 11 is 0. The summed E-state index contributed by atoms with van der Waals surface area (Å²) in [6.45, 7) is 0. The lowest BCUT2D eigenvalue weighted by Crippen LogP contribution is -2.04. The van der Waals surface area contributed by atoms with Gasteiger partial charge in [-0.1, -0.05) is 0 Å². The maximum Gasteiger partial charge on any atom is 0.211 e. The molecule has 2 atom stereocenters.